The van der Waals surface area contributed by atoms with Gasteiger partial charge >= 0.3 is 5.97 Å². The minimum Gasteiger partial charge on any atom is -0.451 e. The highest BCUT2D eigenvalue weighted by molar-refractivity contribution is 5.89. The van der Waals surface area contributed by atoms with E-state index in [9.17, 15) is 9.59 Å². The van der Waals surface area contributed by atoms with Gasteiger partial charge in [0.1, 0.15) is 6.33 Å². The number of esters is 1. The molecule has 0 aliphatic carbocycles. The van der Waals surface area contributed by atoms with Gasteiger partial charge in [-0.3, -0.25) is 9.48 Å². The van der Waals surface area contributed by atoms with E-state index in [2.05, 4.69) is 15.4 Å². The minimum absolute atomic E-state index is 0.140. The maximum atomic E-state index is 12.2. The van der Waals surface area contributed by atoms with Gasteiger partial charge in [-0.15, -0.1) is 0 Å². The number of ether oxygens (including phenoxy) is 1. The van der Waals surface area contributed by atoms with Crippen molar-refractivity contribution in [3.8, 4) is 5.69 Å². The molecule has 0 unspecified atom stereocenters. The second-order valence-corrected chi connectivity index (χ2v) is 6.83. The molecule has 0 saturated heterocycles. The summed E-state index contributed by atoms with van der Waals surface area (Å²) in [7, 11) is 0. The summed E-state index contributed by atoms with van der Waals surface area (Å²) in [6, 6.07) is 19.1. The first-order valence-electron chi connectivity index (χ1n) is 9.76. The van der Waals surface area contributed by atoms with Crippen LogP contribution in [0.4, 0.5) is 0 Å². The van der Waals surface area contributed by atoms with Gasteiger partial charge in [-0.1, -0.05) is 42.5 Å². The number of imidazole rings is 1. The van der Waals surface area contributed by atoms with Crippen LogP contribution >= 0.6 is 0 Å². The Morgan fingerprint density at radius 2 is 1.74 bits per heavy atom. The van der Waals surface area contributed by atoms with E-state index in [0.29, 0.717) is 13.1 Å². The minimum atomic E-state index is -0.649. The number of carbonyl (C=O) groups excluding carboxylic acids is 2. The first kappa shape index (κ1) is 20.1. The zero-order valence-electron chi connectivity index (χ0n) is 16.7. The van der Waals surface area contributed by atoms with Crippen LogP contribution in [0.25, 0.3) is 5.69 Å². The van der Waals surface area contributed by atoms with Gasteiger partial charge < -0.3 is 14.6 Å². The van der Waals surface area contributed by atoms with Gasteiger partial charge in [0.2, 0.25) is 0 Å². The molecule has 156 valence electrons. The van der Waals surface area contributed by atoms with Crippen LogP contribution in [0.2, 0.25) is 0 Å². The number of hydrogen-bond acceptors (Lipinski definition) is 5. The molecule has 2 aromatic carbocycles. The number of nitrogens with zero attached hydrogens (tertiary/aromatic N) is 4. The Bertz CT molecular complexity index is 1150. The van der Waals surface area contributed by atoms with E-state index >= 15 is 0 Å². The number of amides is 1. The first-order valence-corrected chi connectivity index (χ1v) is 9.76. The molecule has 4 rings (SSSR count). The zero-order chi connectivity index (χ0) is 21.5. The van der Waals surface area contributed by atoms with Gasteiger partial charge in [0.25, 0.3) is 5.91 Å². The van der Waals surface area contributed by atoms with Crippen molar-refractivity contribution in [2.24, 2.45) is 0 Å². The van der Waals surface area contributed by atoms with E-state index in [0.717, 1.165) is 16.8 Å². The van der Waals surface area contributed by atoms with Crippen LogP contribution < -0.4 is 5.32 Å². The maximum absolute atomic E-state index is 12.2. The van der Waals surface area contributed by atoms with Gasteiger partial charge in [-0.2, -0.15) is 5.10 Å². The average Bonchev–Trinajstić information content (AvgIpc) is 3.50. The lowest BCUT2D eigenvalue weighted by Crippen LogP contribution is -2.29. The molecule has 0 spiro atoms. The molecular formula is C23H21N5O3. The van der Waals surface area contributed by atoms with Gasteiger partial charge in [0, 0.05) is 30.8 Å². The number of benzene rings is 2. The number of aromatic nitrogens is 4. The van der Waals surface area contributed by atoms with Gasteiger partial charge in [0.15, 0.2) is 12.3 Å². The molecule has 0 aliphatic rings. The summed E-state index contributed by atoms with van der Waals surface area (Å²) in [6.07, 6.45) is 6.71. The number of rotatable bonds is 8. The van der Waals surface area contributed by atoms with E-state index in [1.54, 1.807) is 17.0 Å². The fourth-order valence-electron chi connectivity index (χ4n) is 3.07. The second-order valence-electron chi connectivity index (χ2n) is 6.83. The molecule has 31 heavy (non-hydrogen) atoms. The fraction of sp³-hybridized carbons (Fsp3) is 0.130. The normalized spacial score (nSPS) is 10.6. The summed E-state index contributed by atoms with van der Waals surface area (Å²) in [6.45, 7) is 0.562. The van der Waals surface area contributed by atoms with Gasteiger partial charge in [-0.25, -0.2) is 9.78 Å². The predicted octanol–water partition coefficient (Wildman–Crippen LogP) is 2.59. The number of carbonyl (C=O) groups is 2. The van der Waals surface area contributed by atoms with Crippen LogP contribution in [-0.4, -0.2) is 37.8 Å². The van der Waals surface area contributed by atoms with E-state index < -0.39 is 5.97 Å². The quantitative estimate of drug-likeness (QED) is 0.447. The Labute approximate surface area is 179 Å². The topological polar surface area (TPSA) is 91.0 Å². The molecule has 2 aromatic heterocycles. The van der Waals surface area contributed by atoms with Crippen LogP contribution in [0.5, 0.6) is 0 Å². The molecule has 8 heteroatoms. The molecular weight excluding hydrogens is 394 g/mol. The summed E-state index contributed by atoms with van der Waals surface area (Å²) in [4.78, 5) is 28.4. The van der Waals surface area contributed by atoms with Crippen LogP contribution in [0.15, 0.2) is 85.6 Å². The van der Waals surface area contributed by atoms with Crippen molar-refractivity contribution >= 4 is 11.9 Å². The Balaban J connectivity index is 1.28. The molecule has 0 saturated carbocycles. The van der Waals surface area contributed by atoms with Gasteiger partial charge in [-0.05, 0) is 29.3 Å². The number of hydrogen-bond donors (Lipinski definition) is 1. The molecule has 0 radical (unpaired) electrons. The summed E-state index contributed by atoms with van der Waals surface area (Å²) in [5, 5.41) is 7.00. The molecule has 0 atom stereocenters. The van der Waals surface area contributed by atoms with Crippen molar-refractivity contribution in [3.63, 3.8) is 0 Å². The largest absolute Gasteiger partial charge is 0.451 e. The summed E-state index contributed by atoms with van der Waals surface area (Å²) in [5.74, 6) is -1.03. The van der Waals surface area contributed by atoms with E-state index in [1.165, 1.54) is 6.33 Å². The predicted molar refractivity (Wildman–Crippen MR) is 113 cm³/mol. The van der Waals surface area contributed by atoms with E-state index in [1.807, 2.05) is 71.5 Å². The van der Waals surface area contributed by atoms with Crippen LogP contribution in [0, 0.1) is 0 Å². The van der Waals surface area contributed by atoms with Crippen molar-refractivity contribution in [3.05, 3.63) is 102 Å². The smallest absolute Gasteiger partial charge is 0.359 e. The highest BCUT2D eigenvalue weighted by Gasteiger charge is 2.14. The fourth-order valence-corrected chi connectivity index (χ4v) is 3.07. The summed E-state index contributed by atoms with van der Waals surface area (Å²) < 4.78 is 8.63. The molecule has 0 fully saturated rings. The Morgan fingerprint density at radius 3 is 2.52 bits per heavy atom. The molecule has 0 bridgehead atoms. The van der Waals surface area contributed by atoms with Crippen molar-refractivity contribution in [1.82, 2.24) is 24.6 Å². The highest BCUT2D eigenvalue weighted by atomic mass is 16.5. The van der Waals surface area contributed by atoms with E-state index in [-0.39, 0.29) is 18.2 Å². The molecule has 2 heterocycles. The second kappa shape index (κ2) is 9.53. The van der Waals surface area contributed by atoms with Crippen LogP contribution in [-0.2, 0) is 22.6 Å². The van der Waals surface area contributed by atoms with Crippen molar-refractivity contribution in [2.45, 2.75) is 13.1 Å². The molecule has 0 aliphatic heterocycles. The average molecular weight is 415 g/mol. The first-order chi connectivity index (χ1) is 15.2. The number of para-hydroxylation sites is 1. The molecule has 1 N–H and O–H groups in total. The SMILES string of the molecule is O=C(COC(=O)c1cn(-c2ccccc2)cn1)NCc1ccccc1Cn1cccn1. The highest BCUT2D eigenvalue weighted by Crippen LogP contribution is 2.11. The van der Waals surface area contributed by atoms with E-state index in [4.69, 9.17) is 4.74 Å². The Hall–Kier alpha value is -4.20. The lowest BCUT2D eigenvalue weighted by atomic mass is 10.1. The molecule has 1 amide bonds. The van der Waals surface area contributed by atoms with Crippen LogP contribution in [0.3, 0.4) is 0 Å². The lowest BCUT2D eigenvalue weighted by Gasteiger charge is -2.11. The maximum Gasteiger partial charge on any atom is 0.359 e. The Morgan fingerprint density at radius 1 is 0.968 bits per heavy atom. The van der Waals surface area contributed by atoms with Crippen molar-refractivity contribution < 1.29 is 14.3 Å². The third-order valence-corrected chi connectivity index (χ3v) is 4.67. The Kier molecular flexibility index (Phi) is 6.18. The summed E-state index contributed by atoms with van der Waals surface area (Å²) >= 11 is 0. The zero-order valence-corrected chi connectivity index (χ0v) is 16.7. The molecule has 4 aromatic rings. The monoisotopic (exact) mass is 415 g/mol. The third kappa shape index (κ3) is 5.24. The molecule has 8 nitrogen and oxygen atoms in total. The lowest BCUT2D eigenvalue weighted by molar-refractivity contribution is -0.124. The van der Waals surface area contributed by atoms with Crippen molar-refractivity contribution in [1.29, 1.82) is 0 Å². The summed E-state index contributed by atoms with van der Waals surface area (Å²) in [5.41, 5.74) is 3.04. The third-order valence-electron chi connectivity index (χ3n) is 4.67. The standard InChI is InChI=1S/C23H21N5O3/c29-22(24-13-18-7-4-5-8-19(18)14-28-12-6-11-26-28)16-31-23(30)21-15-27(17-25-21)20-9-2-1-3-10-20/h1-12,15,17H,13-14,16H2,(H,24,29). The van der Waals surface area contributed by atoms with Crippen molar-refractivity contribution in [2.75, 3.05) is 6.61 Å². The van der Waals surface area contributed by atoms with Crippen LogP contribution in [0.1, 0.15) is 21.6 Å². The van der Waals surface area contributed by atoms with Gasteiger partial charge in [0.05, 0.1) is 6.54 Å². The number of nitrogens with one attached hydrogen (secondary N) is 1.